The Morgan fingerprint density at radius 2 is 2.24 bits per heavy atom. The zero-order valence-corrected chi connectivity index (χ0v) is 9.99. The van der Waals surface area contributed by atoms with Crippen molar-refractivity contribution in [3.8, 4) is 5.75 Å². The highest BCUT2D eigenvalue weighted by atomic mass is 16.3. The summed E-state index contributed by atoms with van der Waals surface area (Å²) < 4.78 is 0. The molecule has 0 radical (unpaired) electrons. The van der Waals surface area contributed by atoms with Crippen LogP contribution < -0.4 is 10.6 Å². The first-order valence-electron chi connectivity index (χ1n) is 5.98. The van der Waals surface area contributed by atoms with Crippen LogP contribution in [0.5, 0.6) is 5.75 Å². The molecule has 0 bridgehead atoms. The van der Waals surface area contributed by atoms with Crippen molar-refractivity contribution in [3.05, 3.63) is 23.8 Å². The monoisotopic (exact) mass is 234 g/mol. The van der Waals surface area contributed by atoms with Gasteiger partial charge in [0.1, 0.15) is 5.75 Å². The second-order valence-corrected chi connectivity index (χ2v) is 4.50. The van der Waals surface area contributed by atoms with Crippen LogP contribution in [0.25, 0.3) is 0 Å². The van der Waals surface area contributed by atoms with Crippen molar-refractivity contribution >= 4 is 11.6 Å². The standard InChI is InChI=1S/C13H18N2O2/c1-9-3-2-4-11(13(9)17)15-12(16)7-8-14-10-5-6-10/h2-4,10,14,17H,5-8H2,1H3,(H,15,16). The van der Waals surface area contributed by atoms with E-state index in [1.807, 2.05) is 6.07 Å². The molecule has 3 N–H and O–H groups in total. The first kappa shape index (κ1) is 11.9. The third-order valence-corrected chi connectivity index (χ3v) is 2.87. The van der Waals surface area contributed by atoms with Gasteiger partial charge in [-0.15, -0.1) is 0 Å². The Hall–Kier alpha value is -1.55. The van der Waals surface area contributed by atoms with Crippen molar-refractivity contribution in [2.75, 3.05) is 11.9 Å². The average molecular weight is 234 g/mol. The molecule has 92 valence electrons. The topological polar surface area (TPSA) is 61.4 Å². The largest absolute Gasteiger partial charge is 0.505 e. The molecule has 0 atom stereocenters. The predicted molar refractivity (Wildman–Crippen MR) is 67.1 cm³/mol. The third kappa shape index (κ3) is 3.46. The summed E-state index contributed by atoms with van der Waals surface area (Å²) in [6.07, 6.45) is 2.88. The Kier molecular flexibility index (Phi) is 3.64. The normalized spacial score (nSPS) is 14.6. The third-order valence-electron chi connectivity index (χ3n) is 2.87. The molecule has 1 fully saturated rings. The Balaban J connectivity index is 1.82. The van der Waals surface area contributed by atoms with Crippen molar-refractivity contribution in [1.29, 1.82) is 0 Å². The second kappa shape index (κ2) is 5.19. The van der Waals surface area contributed by atoms with Gasteiger partial charge in [-0.25, -0.2) is 0 Å². The lowest BCUT2D eigenvalue weighted by Gasteiger charge is -2.09. The van der Waals surface area contributed by atoms with Gasteiger partial charge in [0.05, 0.1) is 5.69 Å². The molecule has 0 saturated heterocycles. The molecule has 0 aromatic heterocycles. The lowest BCUT2D eigenvalue weighted by molar-refractivity contribution is -0.116. The van der Waals surface area contributed by atoms with Crippen molar-refractivity contribution in [2.45, 2.75) is 32.2 Å². The van der Waals surface area contributed by atoms with E-state index in [2.05, 4.69) is 10.6 Å². The van der Waals surface area contributed by atoms with Crippen LogP contribution in [0.3, 0.4) is 0 Å². The zero-order chi connectivity index (χ0) is 12.3. The van der Waals surface area contributed by atoms with Crippen LogP contribution in [0.4, 0.5) is 5.69 Å². The van der Waals surface area contributed by atoms with Gasteiger partial charge in [0, 0.05) is 19.0 Å². The van der Waals surface area contributed by atoms with Crippen LogP contribution in [0.15, 0.2) is 18.2 Å². The number of carbonyl (C=O) groups excluding carboxylic acids is 1. The van der Waals surface area contributed by atoms with Gasteiger partial charge in [-0.3, -0.25) is 4.79 Å². The number of amides is 1. The van der Waals surface area contributed by atoms with Crippen LogP contribution >= 0.6 is 0 Å². The second-order valence-electron chi connectivity index (χ2n) is 4.50. The SMILES string of the molecule is Cc1cccc(NC(=O)CCNC2CC2)c1O. The highest BCUT2D eigenvalue weighted by Gasteiger charge is 2.20. The van der Waals surface area contributed by atoms with E-state index in [0.717, 1.165) is 5.56 Å². The number of anilines is 1. The van der Waals surface area contributed by atoms with Crippen LogP contribution in [-0.2, 0) is 4.79 Å². The van der Waals surface area contributed by atoms with E-state index in [9.17, 15) is 9.90 Å². The minimum atomic E-state index is -0.0703. The first-order valence-corrected chi connectivity index (χ1v) is 5.98. The molecule has 0 heterocycles. The van der Waals surface area contributed by atoms with Crippen molar-refractivity contribution in [2.24, 2.45) is 0 Å². The molecular formula is C13H18N2O2. The predicted octanol–water partition coefficient (Wildman–Crippen LogP) is 1.78. The highest BCUT2D eigenvalue weighted by Crippen LogP contribution is 2.26. The Bertz CT molecular complexity index is 414. The summed E-state index contributed by atoms with van der Waals surface area (Å²) in [5.41, 5.74) is 1.25. The molecule has 0 unspecified atom stereocenters. The number of nitrogens with one attached hydrogen (secondary N) is 2. The van der Waals surface area contributed by atoms with Gasteiger partial charge < -0.3 is 15.7 Å². The summed E-state index contributed by atoms with van der Waals surface area (Å²) in [7, 11) is 0. The van der Waals surface area contributed by atoms with Gasteiger partial charge in [-0.1, -0.05) is 12.1 Å². The Morgan fingerprint density at radius 1 is 1.47 bits per heavy atom. The van der Waals surface area contributed by atoms with E-state index < -0.39 is 0 Å². The number of hydrogen-bond acceptors (Lipinski definition) is 3. The summed E-state index contributed by atoms with van der Waals surface area (Å²) in [6, 6.07) is 5.94. The lowest BCUT2D eigenvalue weighted by atomic mass is 10.2. The summed E-state index contributed by atoms with van der Waals surface area (Å²) in [4.78, 5) is 11.6. The Labute approximate surface area is 101 Å². The minimum Gasteiger partial charge on any atom is -0.505 e. The van der Waals surface area contributed by atoms with Gasteiger partial charge in [0.15, 0.2) is 0 Å². The van der Waals surface area contributed by atoms with Gasteiger partial charge in [0.25, 0.3) is 0 Å². The number of aryl methyl sites for hydroxylation is 1. The molecule has 4 heteroatoms. The summed E-state index contributed by atoms with van der Waals surface area (Å²) in [5.74, 6) is 0.0788. The quantitative estimate of drug-likeness (QED) is 0.681. The smallest absolute Gasteiger partial charge is 0.225 e. The molecule has 1 amide bonds. The van der Waals surface area contributed by atoms with Gasteiger partial charge in [-0.2, -0.15) is 0 Å². The van der Waals surface area contributed by atoms with E-state index in [1.165, 1.54) is 12.8 Å². The fourth-order valence-corrected chi connectivity index (χ4v) is 1.65. The highest BCUT2D eigenvalue weighted by molar-refractivity contribution is 5.92. The molecule has 1 saturated carbocycles. The zero-order valence-electron chi connectivity index (χ0n) is 9.99. The van der Waals surface area contributed by atoms with Crippen LogP contribution in [-0.4, -0.2) is 23.6 Å². The van der Waals surface area contributed by atoms with E-state index in [-0.39, 0.29) is 11.7 Å². The number of carbonyl (C=O) groups is 1. The first-order chi connectivity index (χ1) is 8.16. The molecule has 4 nitrogen and oxygen atoms in total. The molecule has 1 aromatic rings. The van der Waals surface area contributed by atoms with Crippen LogP contribution in [0.1, 0.15) is 24.8 Å². The maximum absolute atomic E-state index is 11.6. The van der Waals surface area contributed by atoms with E-state index >= 15 is 0 Å². The molecule has 1 aliphatic rings. The van der Waals surface area contributed by atoms with Crippen molar-refractivity contribution in [3.63, 3.8) is 0 Å². The maximum atomic E-state index is 11.6. The number of hydrogen-bond donors (Lipinski definition) is 3. The summed E-state index contributed by atoms with van der Waals surface area (Å²) in [5, 5.41) is 15.7. The van der Waals surface area contributed by atoms with Gasteiger partial charge in [0.2, 0.25) is 5.91 Å². The number of phenolic OH excluding ortho intramolecular Hbond substituents is 1. The van der Waals surface area contributed by atoms with Crippen LogP contribution in [0.2, 0.25) is 0 Å². The number of para-hydroxylation sites is 1. The fraction of sp³-hybridized carbons (Fsp3) is 0.462. The lowest BCUT2D eigenvalue weighted by Crippen LogP contribution is -2.23. The minimum absolute atomic E-state index is 0.0703. The summed E-state index contributed by atoms with van der Waals surface area (Å²) in [6.45, 7) is 2.50. The summed E-state index contributed by atoms with van der Waals surface area (Å²) >= 11 is 0. The number of phenols is 1. The van der Waals surface area contributed by atoms with E-state index in [0.29, 0.717) is 24.7 Å². The maximum Gasteiger partial charge on any atom is 0.225 e. The molecule has 0 spiro atoms. The van der Waals surface area contributed by atoms with Crippen molar-refractivity contribution in [1.82, 2.24) is 5.32 Å². The van der Waals surface area contributed by atoms with Crippen molar-refractivity contribution < 1.29 is 9.90 Å². The molecule has 0 aliphatic heterocycles. The molecule has 17 heavy (non-hydrogen) atoms. The fourth-order valence-electron chi connectivity index (χ4n) is 1.65. The Morgan fingerprint density at radius 3 is 2.94 bits per heavy atom. The molecule has 1 aromatic carbocycles. The number of benzene rings is 1. The van der Waals surface area contributed by atoms with Crippen LogP contribution in [0, 0.1) is 6.92 Å². The van der Waals surface area contributed by atoms with Gasteiger partial charge in [-0.05, 0) is 31.4 Å². The number of rotatable bonds is 5. The van der Waals surface area contributed by atoms with Gasteiger partial charge >= 0.3 is 0 Å². The van der Waals surface area contributed by atoms with E-state index in [4.69, 9.17) is 0 Å². The molecule has 1 aliphatic carbocycles. The molecular weight excluding hydrogens is 216 g/mol. The molecule has 2 rings (SSSR count). The average Bonchev–Trinajstić information content (AvgIpc) is 3.09. The van der Waals surface area contributed by atoms with E-state index in [1.54, 1.807) is 19.1 Å². The number of aromatic hydroxyl groups is 1.